The van der Waals surface area contributed by atoms with E-state index in [1.807, 2.05) is 0 Å². The van der Waals surface area contributed by atoms with Gasteiger partial charge in [0, 0.05) is 11.4 Å². The Morgan fingerprint density at radius 2 is 2.00 bits per heavy atom. The first-order valence-electron chi connectivity index (χ1n) is 4.98. The molecule has 0 atom stereocenters. The summed E-state index contributed by atoms with van der Waals surface area (Å²) in [5.41, 5.74) is 4.50. The minimum Gasteiger partial charge on any atom is -0.362 e. The van der Waals surface area contributed by atoms with Crippen molar-refractivity contribution in [2.75, 3.05) is 0 Å². The van der Waals surface area contributed by atoms with E-state index in [0.717, 1.165) is 0 Å². The lowest BCUT2D eigenvalue weighted by Gasteiger charge is -2.09. The van der Waals surface area contributed by atoms with E-state index >= 15 is 0 Å². The van der Waals surface area contributed by atoms with Crippen LogP contribution in [-0.4, -0.2) is 4.98 Å². The Kier molecular flexibility index (Phi) is 1.95. The second kappa shape index (κ2) is 2.96. The van der Waals surface area contributed by atoms with Gasteiger partial charge in [-0.2, -0.15) is 0 Å². The van der Waals surface area contributed by atoms with Gasteiger partial charge in [-0.05, 0) is 43.2 Å². The zero-order chi connectivity index (χ0) is 8.55. The van der Waals surface area contributed by atoms with Crippen molar-refractivity contribution in [3.63, 3.8) is 0 Å². The molecule has 0 unspecified atom stereocenters. The van der Waals surface area contributed by atoms with Crippen LogP contribution in [0.1, 0.15) is 49.6 Å². The van der Waals surface area contributed by atoms with Crippen molar-refractivity contribution in [1.29, 1.82) is 0 Å². The van der Waals surface area contributed by atoms with Crippen molar-refractivity contribution in [3.05, 3.63) is 23.0 Å². The maximum absolute atomic E-state index is 3.53. The average Bonchev–Trinajstić information content (AvgIpc) is 2.46. The molecular weight excluding hydrogens is 146 g/mol. The second-order valence-electron chi connectivity index (χ2n) is 4.09. The van der Waals surface area contributed by atoms with Crippen LogP contribution in [0.2, 0.25) is 0 Å². The first-order chi connectivity index (χ1) is 5.77. The van der Waals surface area contributed by atoms with Gasteiger partial charge in [-0.15, -0.1) is 0 Å². The molecule has 1 aromatic rings. The molecule has 0 aromatic carbocycles. The topological polar surface area (TPSA) is 15.8 Å². The van der Waals surface area contributed by atoms with Gasteiger partial charge in [0.15, 0.2) is 0 Å². The van der Waals surface area contributed by atoms with E-state index in [2.05, 4.69) is 24.9 Å². The summed E-state index contributed by atoms with van der Waals surface area (Å²) in [5, 5.41) is 0. The number of H-pyrrole nitrogens is 1. The maximum Gasteiger partial charge on any atom is 0.0181 e. The molecule has 1 aliphatic rings. The lowest BCUT2D eigenvalue weighted by atomic mass is 9.98. The van der Waals surface area contributed by atoms with E-state index < -0.39 is 0 Å². The molecule has 0 aliphatic heterocycles. The molecule has 12 heavy (non-hydrogen) atoms. The maximum atomic E-state index is 3.53. The van der Waals surface area contributed by atoms with Gasteiger partial charge in [0.25, 0.3) is 0 Å². The highest BCUT2D eigenvalue weighted by molar-refractivity contribution is 5.29. The first-order valence-corrected chi connectivity index (χ1v) is 4.98. The number of aromatic amines is 1. The van der Waals surface area contributed by atoms with Crippen LogP contribution in [0.5, 0.6) is 0 Å². The van der Waals surface area contributed by atoms with Gasteiger partial charge in [-0.1, -0.05) is 13.8 Å². The van der Waals surface area contributed by atoms with Gasteiger partial charge in [0.1, 0.15) is 0 Å². The van der Waals surface area contributed by atoms with Crippen LogP contribution in [0.25, 0.3) is 0 Å². The summed E-state index contributed by atoms with van der Waals surface area (Å²) in [6, 6.07) is 2.36. The van der Waals surface area contributed by atoms with Gasteiger partial charge in [0.05, 0.1) is 0 Å². The summed E-state index contributed by atoms with van der Waals surface area (Å²) >= 11 is 0. The van der Waals surface area contributed by atoms with Gasteiger partial charge < -0.3 is 4.98 Å². The number of hydrogen-bond acceptors (Lipinski definition) is 0. The number of hydrogen-bond donors (Lipinski definition) is 1. The van der Waals surface area contributed by atoms with Crippen LogP contribution in [0.3, 0.4) is 0 Å². The molecule has 0 saturated heterocycles. The molecule has 66 valence electrons. The third kappa shape index (κ3) is 1.28. The van der Waals surface area contributed by atoms with Crippen LogP contribution >= 0.6 is 0 Å². The Morgan fingerprint density at radius 3 is 2.67 bits per heavy atom. The Morgan fingerprint density at radius 1 is 1.25 bits per heavy atom. The van der Waals surface area contributed by atoms with E-state index in [1.54, 1.807) is 5.56 Å². The van der Waals surface area contributed by atoms with Gasteiger partial charge in [0.2, 0.25) is 0 Å². The fourth-order valence-corrected chi connectivity index (χ4v) is 1.94. The van der Waals surface area contributed by atoms with Gasteiger partial charge in [-0.3, -0.25) is 0 Å². The zero-order valence-electron chi connectivity index (χ0n) is 7.98. The molecular formula is C11H17N. The van der Waals surface area contributed by atoms with Gasteiger partial charge in [-0.25, -0.2) is 0 Å². The average molecular weight is 163 g/mol. The molecule has 2 rings (SSSR count). The molecule has 1 heteroatoms. The predicted molar refractivity (Wildman–Crippen MR) is 51.5 cm³/mol. The summed E-state index contributed by atoms with van der Waals surface area (Å²) in [7, 11) is 0. The summed E-state index contributed by atoms with van der Waals surface area (Å²) < 4.78 is 0. The smallest absolute Gasteiger partial charge is 0.0181 e. The summed E-state index contributed by atoms with van der Waals surface area (Å²) in [6.45, 7) is 4.49. The molecule has 0 saturated carbocycles. The Bertz CT molecular complexity index is 247. The van der Waals surface area contributed by atoms with E-state index in [1.165, 1.54) is 37.1 Å². The van der Waals surface area contributed by atoms with Crippen molar-refractivity contribution < 1.29 is 0 Å². The number of fused-ring (bicyclic) bond motifs is 1. The number of rotatable bonds is 1. The van der Waals surface area contributed by atoms with E-state index in [4.69, 9.17) is 0 Å². The lowest BCUT2D eigenvalue weighted by molar-refractivity contribution is 0.675. The molecule has 1 aliphatic carbocycles. The Hall–Kier alpha value is -0.720. The molecule has 1 heterocycles. The van der Waals surface area contributed by atoms with Crippen LogP contribution in [-0.2, 0) is 12.8 Å². The Balaban J connectivity index is 2.32. The van der Waals surface area contributed by atoms with Crippen LogP contribution in [0, 0.1) is 0 Å². The highest BCUT2D eigenvalue weighted by Crippen LogP contribution is 2.24. The molecule has 0 bridgehead atoms. The predicted octanol–water partition coefficient (Wildman–Crippen LogP) is 3.02. The van der Waals surface area contributed by atoms with Crippen molar-refractivity contribution in [3.8, 4) is 0 Å². The highest BCUT2D eigenvalue weighted by Gasteiger charge is 2.13. The summed E-state index contributed by atoms with van der Waals surface area (Å²) in [6.07, 6.45) is 5.30. The molecule has 1 nitrogen and oxygen atoms in total. The quantitative estimate of drug-likeness (QED) is 0.655. The van der Waals surface area contributed by atoms with Crippen LogP contribution < -0.4 is 0 Å². The molecule has 0 radical (unpaired) electrons. The molecule has 1 aromatic heterocycles. The van der Waals surface area contributed by atoms with E-state index in [-0.39, 0.29) is 0 Å². The molecule has 1 N–H and O–H groups in total. The normalized spacial score (nSPS) is 16.6. The monoisotopic (exact) mass is 163 g/mol. The number of nitrogens with one attached hydrogen (secondary N) is 1. The third-order valence-electron chi connectivity index (χ3n) is 2.76. The second-order valence-corrected chi connectivity index (χ2v) is 4.09. The fourth-order valence-electron chi connectivity index (χ4n) is 1.94. The van der Waals surface area contributed by atoms with Gasteiger partial charge >= 0.3 is 0 Å². The molecule has 0 spiro atoms. The highest BCUT2D eigenvalue weighted by atomic mass is 14.7. The van der Waals surface area contributed by atoms with Crippen molar-refractivity contribution in [1.82, 2.24) is 4.98 Å². The van der Waals surface area contributed by atoms with Crippen molar-refractivity contribution in [2.45, 2.75) is 45.4 Å². The van der Waals surface area contributed by atoms with Crippen LogP contribution in [0.15, 0.2) is 6.07 Å². The largest absolute Gasteiger partial charge is 0.362 e. The summed E-state index contributed by atoms with van der Waals surface area (Å²) in [5.74, 6) is 0.649. The first kappa shape index (κ1) is 7.90. The number of aromatic nitrogens is 1. The number of aryl methyl sites for hydroxylation is 2. The van der Waals surface area contributed by atoms with Crippen LogP contribution in [0.4, 0.5) is 0 Å². The minimum absolute atomic E-state index is 0.649. The SMILES string of the molecule is CC(C)c1cc2c([nH]1)CCCC2. The summed E-state index contributed by atoms with van der Waals surface area (Å²) in [4.78, 5) is 3.53. The van der Waals surface area contributed by atoms with Crippen molar-refractivity contribution >= 4 is 0 Å². The standard InChI is InChI=1S/C11H17N/c1-8(2)11-7-9-5-3-4-6-10(9)12-11/h7-8,12H,3-6H2,1-2H3. The minimum atomic E-state index is 0.649. The van der Waals surface area contributed by atoms with Crippen molar-refractivity contribution in [2.24, 2.45) is 0 Å². The fraction of sp³-hybridized carbons (Fsp3) is 0.636. The van der Waals surface area contributed by atoms with E-state index in [0.29, 0.717) is 5.92 Å². The lowest BCUT2D eigenvalue weighted by Crippen LogP contribution is -1.99. The van der Waals surface area contributed by atoms with E-state index in [9.17, 15) is 0 Å². The Labute approximate surface area is 74.2 Å². The zero-order valence-corrected chi connectivity index (χ0v) is 7.98. The molecule has 0 fully saturated rings. The third-order valence-corrected chi connectivity index (χ3v) is 2.76. The molecule has 0 amide bonds.